The third-order valence-electron chi connectivity index (χ3n) is 1.38. The van der Waals surface area contributed by atoms with Gasteiger partial charge in [0.2, 0.25) is 0 Å². The molecule has 0 radical (unpaired) electrons. The molecule has 0 aromatic carbocycles. The smallest absolute Gasteiger partial charge is 0.307 e. The van der Waals surface area contributed by atoms with Gasteiger partial charge in [0.15, 0.2) is 0 Å². The van der Waals surface area contributed by atoms with Gasteiger partial charge >= 0.3 is 5.97 Å². The molecule has 66 valence electrons. The molecule has 0 atom stereocenters. The van der Waals surface area contributed by atoms with Gasteiger partial charge in [-0.05, 0) is 27.6 Å². The summed E-state index contributed by atoms with van der Waals surface area (Å²) in [6.45, 7) is 0. The molecule has 4 nitrogen and oxygen atoms in total. The number of pyridine rings is 1. The molecular weight excluding hydrogens is 236 g/mol. The van der Waals surface area contributed by atoms with Crippen molar-refractivity contribution in [2.24, 2.45) is 0 Å². The fraction of sp³-hybridized carbons (Fsp3) is 0.125. The molecule has 0 saturated heterocycles. The van der Waals surface area contributed by atoms with E-state index in [4.69, 9.17) is 10.4 Å². The lowest BCUT2D eigenvalue weighted by Gasteiger charge is -1.99. The van der Waals surface area contributed by atoms with E-state index in [0.717, 1.165) is 0 Å². The normalized spacial score (nSPS) is 9.23. The van der Waals surface area contributed by atoms with Crippen LogP contribution in [0.2, 0.25) is 0 Å². The monoisotopic (exact) mass is 240 g/mol. The standard InChI is InChI=1S/C8H5BrN2O2/c9-8-5(3-7(12)13)1-2-6(4-10)11-8/h1-2H,3H2,(H,12,13). The van der Waals surface area contributed by atoms with Crippen molar-refractivity contribution in [1.82, 2.24) is 4.98 Å². The maximum atomic E-state index is 10.4. The Morgan fingerprint density at radius 1 is 1.69 bits per heavy atom. The summed E-state index contributed by atoms with van der Waals surface area (Å²) < 4.78 is 0.411. The second-order valence-electron chi connectivity index (χ2n) is 2.33. The number of halogens is 1. The molecule has 0 aliphatic heterocycles. The van der Waals surface area contributed by atoms with Crippen molar-refractivity contribution < 1.29 is 9.90 Å². The lowest BCUT2D eigenvalue weighted by Crippen LogP contribution is -2.02. The zero-order valence-electron chi connectivity index (χ0n) is 6.49. The van der Waals surface area contributed by atoms with Gasteiger partial charge in [-0.2, -0.15) is 5.26 Å². The Morgan fingerprint density at radius 2 is 2.38 bits per heavy atom. The summed E-state index contributed by atoms with van der Waals surface area (Å²) in [7, 11) is 0. The summed E-state index contributed by atoms with van der Waals surface area (Å²) in [5.41, 5.74) is 0.826. The van der Waals surface area contributed by atoms with Crippen LogP contribution in [0.4, 0.5) is 0 Å². The molecule has 1 rings (SSSR count). The molecule has 13 heavy (non-hydrogen) atoms. The number of nitrogens with zero attached hydrogens (tertiary/aromatic N) is 2. The van der Waals surface area contributed by atoms with E-state index >= 15 is 0 Å². The molecular formula is C8H5BrN2O2. The summed E-state index contributed by atoms with van der Waals surface area (Å²) in [6.07, 6.45) is -0.0979. The van der Waals surface area contributed by atoms with E-state index in [0.29, 0.717) is 10.2 Å². The highest BCUT2D eigenvalue weighted by Crippen LogP contribution is 2.14. The number of carboxylic acids is 1. The molecule has 5 heteroatoms. The van der Waals surface area contributed by atoms with Crippen molar-refractivity contribution in [2.75, 3.05) is 0 Å². The van der Waals surface area contributed by atoms with Gasteiger partial charge in [-0.3, -0.25) is 4.79 Å². The zero-order chi connectivity index (χ0) is 9.84. The van der Waals surface area contributed by atoms with Gasteiger partial charge in [0.1, 0.15) is 16.4 Å². The predicted molar refractivity (Wildman–Crippen MR) is 48.0 cm³/mol. The first-order chi connectivity index (χ1) is 6.13. The summed E-state index contributed by atoms with van der Waals surface area (Å²) >= 11 is 3.09. The lowest BCUT2D eigenvalue weighted by molar-refractivity contribution is -0.136. The maximum absolute atomic E-state index is 10.4. The number of aliphatic carboxylic acids is 1. The maximum Gasteiger partial charge on any atom is 0.307 e. The molecule has 0 aliphatic rings. The average molecular weight is 241 g/mol. The summed E-state index contributed by atoms with van der Waals surface area (Å²) in [5.74, 6) is -0.924. The van der Waals surface area contributed by atoms with Gasteiger partial charge < -0.3 is 5.11 Å². The number of carbonyl (C=O) groups is 1. The van der Waals surface area contributed by atoms with Gasteiger partial charge in [0.25, 0.3) is 0 Å². The third-order valence-corrected chi connectivity index (χ3v) is 2.07. The van der Waals surface area contributed by atoms with Crippen molar-refractivity contribution >= 4 is 21.9 Å². The highest BCUT2D eigenvalue weighted by molar-refractivity contribution is 9.10. The average Bonchev–Trinajstić information content (AvgIpc) is 2.08. The minimum Gasteiger partial charge on any atom is -0.481 e. The third kappa shape index (κ3) is 2.53. The van der Waals surface area contributed by atoms with Crippen LogP contribution in [-0.2, 0) is 11.2 Å². The largest absolute Gasteiger partial charge is 0.481 e. The van der Waals surface area contributed by atoms with Crippen molar-refractivity contribution in [3.63, 3.8) is 0 Å². The second kappa shape index (κ2) is 4.01. The summed E-state index contributed by atoms with van der Waals surface area (Å²) in [4.78, 5) is 14.2. The van der Waals surface area contributed by atoms with E-state index < -0.39 is 5.97 Å². The first-order valence-corrected chi connectivity index (χ1v) is 4.20. The van der Waals surface area contributed by atoms with E-state index in [9.17, 15) is 4.79 Å². The van der Waals surface area contributed by atoms with Gasteiger partial charge in [-0.15, -0.1) is 0 Å². The molecule has 1 aromatic heterocycles. The fourth-order valence-electron chi connectivity index (χ4n) is 0.820. The Hall–Kier alpha value is -1.41. The number of rotatable bonds is 2. The van der Waals surface area contributed by atoms with E-state index in [1.165, 1.54) is 6.07 Å². The topological polar surface area (TPSA) is 74.0 Å². The van der Waals surface area contributed by atoms with Crippen LogP contribution in [0.5, 0.6) is 0 Å². The van der Waals surface area contributed by atoms with Crippen molar-refractivity contribution in [3.05, 3.63) is 28.0 Å². The van der Waals surface area contributed by atoms with Crippen LogP contribution < -0.4 is 0 Å². The minimum absolute atomic E-state index is 0.0979. The van der Waals surface area contributed by atoms with Crippen LogP contribution in [0.1, 0.15) is 11.3 Å². The van der Waals surface area contributed by atoms with Crippen molar-refractivity contribution in [2.45, 2.75) is 6.42 Å². The first-order valence-electron chi connectivity index (χ1n) is 3.41. The van der Waals surface area contributed by atoms with E-state index in [1.54, 1.807) is 6.07 Å². The Labute approximate surface area is 83.0 Å². The second-order valence-corrected chi connectivity index (χ2v) is 3.08. The van der Waals surface area contributed by atoms with E-state index in [1.807, 2.05) is 6.07 Å². The van der Waals surface area contributed by atoms with Gasteiger partial charge in [-0.25, -0.2) is 4.98 Å². The van der Waals surface area contributed by atoms with Crippen molar-refractivity contribution in [1.29, 1.82) is 5.26 Å². The molecule has 1 aromatic rings. The summed E-state index contributed by atoms with van der Waals surface area (Å²) in [5, 5.41) is 17.0. The first kappa shape index (κ1) is 9.68. The van der Waals surface area contributed by atoms with Gasteiger partial charge in [-0.1, -0.05) is 6.07 Å². The SMILES string of the molecule is N#Cc1ccc(CC(=O)O)c(Br)n1. The highest BCUT2D eigenvalue weighted by atomic mass is 79.9. The van der Waals surface area contributed by atoms with Gasteiger partial charge in [0, 0.05) is 0 Å². The Morgan fingerprint density at radius 3 is 2.85 bits per heavy atom. The number of aromatic nitrogens is 1. The van der Waals surface area contributed by atoms with E-state index in [2.05, 4.69) is 20.9 Å². The molecule has 0 fully saturated rings. The van der Waals surface area contributed by atoms with Crippen LogP contribution >= 0.6 is 15.9 Å². The molecule has 0 aliphatic carbocycles. The van der Waals surface area contributed by atoms with Crippen LogP contribution in [-0.4, -0.2) is 16.1 Å². The number of nitriles is 1. The molecule has 1 N–H and O–H groups in total. The Bertz CT molecular complexity index is 384. The lowest BCUT2D eigenvalue weighted by atomic mass is 10.2. The van der Waals surface area contributed by atoms with Crippen LogP contribution in [0, 0.1) is 11.3 Å². The van der Waals surface area contributed by atoms with Gasteiger partial charge in [0.05, 0.1) is 6.42 Å². The van der Waals surface area contributed by atoms with E-state index in [-0.39, 0.29) is 12.1 Å². The molecule has 0 saturated carbocycles. The van der Waals surface area contributed by atoms with Crippen LogP contribution in [0.3, 0.4) is 0 Å². The minimum atomic E-state index is -0.924. The molecule has 0 unspecified atom stereocenters. The number of hydrogen-bond donors (Lipinski definition) is 1. The highest BCUT2D eigenvalue weighted by Gasteiger charge is 2.06. The quantitative estimate of drug-likeness (QED) is 0.793. The Balaban J connectivity index is 3.00. The fourth-order valence-corrected chi connectivity index (χ4v) is 1.28. The number of hydrogen-bond acceptors (Lipinski definition) is 3. The number of carboxylic acid groups (broad SMARTS) is 1. The zero-order valence-corrected chi connectivity index (χ0v) is 8.08. The van der Waals surface area contributed by atoms with Crippen LogP contribution in [0.25, 0.3) is 0 Å². The van der Waals surface area contributed by atoms with Crippen LogP contribution in [0.15, 0.2) is 16.7 Å². The molecule has 0 bridgehead atoms. The molecule has 0 spiro atoms. The Kier molecular flexibility index (Phi) is 2.98. The predicted octanol–water partition coefficient (Wildman–Crippen LogP) is 1.34. The van der Waals surface area contributed by atoms with Crippen molar-refractivity contribution in [3.8, 4) is 6.07 Å². The molecule has 0 amide bonds. The summed E-state index contributed by atoms with van der Waals surface area (Å²) in [6, 6.07) is 4.92. The molecule has 1 heterocycles.